The number of fused-ring (bicyclic) bond motifs is 13. The Balaban J connectivity index is 1.08. The minimum atomic E-state index is 0.882. The van der Waals surface area contributed by atoms with Crippen LogP contribution in [0.25, 0.3) is 105 Å². The molecule has 0 unspecified atom stereocenters. The third-order valence-electron chi connectivity index (χ3n) is 14.1. The lowest BCUT2D eigenvalue weighted by Gasteiger charge is -2.24. The highest BCUT2D eigenvalue weighted by molar-refractivity contribution is 6.26. The number of rotatable bonds is 5. The molecule has 3 aromatic heterocycles. The lowest BCUT2D eigenvalue weighted by Crippen LogP contribution is -2.10. The monoisotopic (exact) mass is 827 g/mol. The van der Waals surface area contributed by atoms with Gasteiger partial charge in [-0.3, -0.25) is 0 Å². The Morgan fingerprint density at radius 2 is 0.708 bits per heavy atom. The highest BCUT2D eigenvalue weighted by Gasteiger charge is 2.30. The van der Waals surface area contributed by atoms with Crippen LogP contribution in [0.15, 0.2) is 224 Å². The van der Waals surface area contributed by atoms with E-state index in [2.05, 4.69) is 238 Å². The Kier molecular flexibility index (Phi) is 7.81. The molecule has 0 amide bonds. The first-order valence-corrected chi connectivity index (χ1v) is 22.7. The van der Waals surface area contributed by atoms with E-state index in [9.17, 15) is 0 Å². The summed E-state index contributed by atoms with van der Waals surface area (Å²) in [5.41, 5.74) is 20.1. The van der Waals surface area contributed by atoms with E-state index in [-0.39, 0.29) is 0 Å². The van der Waals surface area contributed by atoms with Gasteiger partial charge >= 0.3 is 0 Å². The van der Waals surface area contributed by atoms with Crippen molar-refractivity contribution in [3.05, 3.63) is 247 Å². The van der Waals surface area contributed by atoms with Gasteiger partial charge in [-0.1, -0.05) is 170 Å². The maximum atomic E-state index is 2.57. The zero-order chi connectivity index (χ0) is 42.6. The molecular weight excluding hydrogens is 787 g/mol. The summed E-state index contributed by atoms with van der Waals surface area (Å²) in [7, 11) is 0. The Bertz CT molecular complexity index is 4020. The van der Waals surface area contributed by atoms with E-state index in [1.54, 1.807) is 0 Å². The van der Waals surface area contributed by atoms with Crippen LogP contribution >= 0.6 is 0 Å². The molecule has 1 aliphatic rings. The maximum absolute atomic E-state index is 2.57. The van der Waals surface area contributed by atoms with Gasteiger partial charge in [-0.2, -0.15) is 0 Å². The molecule has 0 N–H and O–H groups in total. The van der Waals surface area contributed by atoms with Gasteiger partial charge in [0.1, 0.15) is 0 Å². The van der Waals surface area contributed by atoms with Gasteiger partial charge in [-0.05, 0) is 112 Å². The summed E-state index contributed by atoms with van der Waals surface area (Å²) < 4.78 is 7.54. The Morgan fingerprint density at radius 3 is 1.23 bits per heavy atom. The molecule has 0 spiro atoms. The lowest BCUT2D eigenvalue weighted by atomic mass is 9.80. The number of hydrogen-bond acceptors (Lipinski definition) is 0. The van der Waals surface area contributed by atoms with E-state index in [1.807, 2.05) is 0 Å². The van der Waals surface area contributed by atoms with Gasteiger partial charge in [0, 0.05) is 49.6 Å². The topological polar surface area (TPSA) is 14.8 Å². The fraction of sp³-hybridized carbons (Fsp3) is 0.0323. The highest BCUT2D eigenvalue weighted by atomic mass is 15.0. The van der Waals surface area contributed by atoms with Crippen LogP contribution in [0, 0.1) is 0 Å². The summed E-state index contributed by atoms with van der Waals surface area (Å²) in [4.78, 5) is 0. The second-order valence-corrected chi connectivity index (χ2v) is 17.6. The third kappa shape index (κ3) is 5.30. The third-order valence-corrected chi connectivity index (χ3v) is 14.1. The van der Waals surface area contributed by atoms with Gasteiger partial charge in [0.25, 0.3) is 0 Å². The number of para-hydroxylation sites is 5. The van der Waals surface area contributed by atoms with Crippen LogP contribution in [0.5, 0.6) is 0 Å². The van der Waals surface area contributed by atoms with Crippen molar-refractivity contribution in [1.82, 2.24) is 13.7 Å². The highest BCUT2D eigenvalue weighted by Crippen LogP contribution is 2.49. The van der Waals surface area contributed by atoms with Crippen LogP contribution < -0.4 is 0 Å². The van der Waals surface area contributed by atoms with Crippen molar-refractivity contribution in [2.75, 3.05) is 0 Å². The molecule has 3 nitrogen and oxygen atoms in total. The smallest absolute Gasteiger partial charge is 0.0792 e. The van der Waals surface area contributed by atoms with Crippen LogP contribution in [0.2, 0.25) is 0 Å². The van der Waals surface area contributed by atoms with Gasteiger partial charge in [-0.15, -0.1) is 0 Å². The standard InChI is InChI=1S/C62H41N3/c1-4-18-41(19-5-1)60-57(49-26-12-15-29-54(49)63(60)46-22-6-2-7-23-46)40-32-34-48(35-33-40)65-56-31-17-14-28-51(56)59-53-39-45-37-43-21-11-10-20-42(43)36-44(45)38-52(53)58-50-27-13-16-30-55(50)64(61(58)62(59)65)47-24-8-3-9-25-47/h1-37H,38-39H2. The van der Waals surface area contributed by atoms with Crippen LogP contribution in [-0.2, 0) is 12.8 Å². The van der Waals surface area contributed by atoms with E-state index < -0.39 is 0 Å². The fourth-order valence-corrected chi connectivity index (χ4v) is 11.4. The molecule has 3 heterocycles. The van der Waals surface area contributed by atoms with Crippen LogP contribution in [0.1, 0.15) is 22.3 Å². The number of benzene rings is 10. The van der Waals surface area contributed by atoms with Crippen molar-refractivity contribution in [1.29, 1.82) is 0 Å². The van der Waals surface area contributed by atoms with Crippen LogP contribution in [0.3, 0.4) is 0 Å². The van der Waals surface area contributed by atoms with Crippen molar-refractivity contribution in [3.8, 4) is 39.4 Å². The Labute approximate surface area is 376 Å². The van der Waals surface area contributed by atoms with Crippen molar-refractivity contribution >= 4 is 65.3 Å². The summed E-state index contributed by atoms with van der Waals surface area (Å²) >= 11 is 0. The van der Waals surface area contributed by atoms with Crippen LogP contribution in [-0.4, -0.2) is 13.7 Å². The van der Waals surface area contributed by atoms with Crippen molar-refractivity contribution in [2.24, 2.45) is 0 Å². The second-order valence-electron chi connectivity index (χ2n) is 17.6. The van der Waals surface area contributed by atoms with E-state index in [0.29, 0.717) is 0 Å². The minimum Gasteiger partial charge on any atom is -0.309 e. The summed E-state index contributed by atoms with van der Waals surface area (Å²) in [6, 6.07) is 82.8. The lowest BCUT2D eigenvalue weighted by molar-refractivity contribution is 1.03. The molecule has 0 bridgehead atoms. The number of nitrogens with zero attached hydrogens (tertiary/aromatic N) is 3. The van der Waals surface area contributed by atoms with Crippen molar-refractivity contribution in [3.63, 3.8) is 0 Å². The molecule has 0 saturated carbocycles. The predicted octanol–water partition coefficient (Wildman–Crippen LogP) is 15.8. The van der Waals surface area contributed by atoms with Gasteiger partial charge < -0.3 is 13.7 Å². The molecule has 65 heavy (non-hydrogen) atoms. The van der Waals surface area contributed by atoms with Gasteiger partial charge in [0.2, 0.25) is 0 Å². The molecule has 1 aliphatic carbocycles. The summed E-state index contributed by atoms with van der Waals surface area (Å²) in [5.74, 6) is 0. The van der Waals surface area contributed by atoms with Crippen molar-refractivity contribution in [2.45, 2.75) is 12.8 Å². The minimum absolute atomic E-state index is 0.882. The maximum Gasteiger partial charge on any atom is 0.0792 e. The molecule has 13 aromatic rings. The van der Waals surface area contributed by atoms with E-state index >= 15 is 0 Å². The average molecular weight is 828 g/mol. The molecule has 0 aliphatic heterocycles. The molecule has 14 rings (SSSR count). The quantitative estimate of drug-likeness (QED) is 0.164. The van der Waals surface area contributed by atoms with Gasteiger partial charge in [-0.25, -0.2) is 0 Å². The molecule has 0 fully saturated rings. The largest absolute Gasteiger partial charge is 0.309 e. The van der Waals surface area contributed by atoms with E-state index in [0.717, 1.165) is 29.9 Å². The van der Waals surface area contributed by atoms with Crippen LogP contribution in [0.4, 0.5) is 0 Å². The number of aromatic nitrogens is 3. The molecule has 0 saturated heterocycles. The second kappa shape index (κ2) is 14.1. The van der Waals surface area contributed by atoms with Gasteiger partial charge in [0.15, 0.2) is 0 Å². The summed E-state index contributed by atoms with van der Waals surface area (Å²) in [6.45, 7) is 0. The SMILES string of the molecule is c1ccc(-c2c(-c3ccc(-n4c5ccccc5c5c6c(c7c8ccccc8n(-c8ccccc8)c7c54)Cc4cc5ccccc5cc4C6)cc3)c3ccccc3n2-c2ccccc2)cc1. The average Bonchev–Trinajstić information content (AvgIpc) is 4.03. The Hall–Kier alpha value is -8.40. The normalized spacial score (nSPS) is 12.5. The molecule has 304 valence electrons. The first-order chi connectivity index (χ1) is 32.3. The fourth-order valence-electron chi connectivity index (χ4n) is 11.4. The first-order valence-electron chi connectivity index (χ1n) is 22.7. The molecule has 0 atom stereocenters. The molecule has 3 heteroatoms. The first kappa shape index (κ1) is 36.1. The van der Waals surface area contributed by atoms with Crippen molar-refractivity contribution < 1.29 is 0 Å². The zero-order valence-corrected chi connectivity index (χ0v) is 35.6. The summed E-state index contributed by atoms with van der Waals surface area (Å²) in [5, 5.41) is 9.13. The van der Waals surface area contributed by atoms with E-state index in [1.165, 1.54) is 110 Å². The number of hydrogen-bond donors (Lipinski definition) is 0. The Morgan fingerprint density at radius 1 is 0.308 bits per heavy atom. The predicted molar refractivity (Wildman–Crippen MR) is 272 cm³/mol. The van der Waals surface area contributed by atoms with Gasteiger partial charge in [0.05, 0.1) is 33.3 Å². The summed E-state index contributed by atoms with van der Waals surface area (Å²) in [6.07, 6.45) is 1.77. The molecule has 10 aromatic carbocycles. The molecular formula is C62H41N3. The molecule has 0 radical (unpaired) electrons. The van der Waals surface area contributed by atoms with E-state index in [4.69, 9.17) is 0 Å². The zero-order valence-electron chi connectivity index (χ0n) is 35.6.